The van der Waals surface area contributed by atoms with Crippen molar-refractivity contribution in [2.45, 2.75) is 43.6 Å². The van der Waals surface area contributed by atoms with E-state index in [0.717, 1.165) is 23.1 Å². The smallest absolute Gasteiger partial charge is 0.407 e. The summed E-state index contributed by atoms with van der Waals surface area (Å²) in [5.74, 6) is 0.387. The number of benzene rings is 3. The third-order valence-corrected chi connectivity index (χ3v) is 7.75. The van der Waals surface area contributed by atoms with Gasteiger partial charge >= 0.3 is 6.09 Å². The van der Waals surface area contributed by atoms with Gasteiger partial charge in [0.15, 0.2) is 0 Å². The van der Waals surface area contributed by atoms with Crippen molar-refractivity contribution in [2.24, 2.45) is 0 Å². The van der Waals surface area contributed by atoms with Gasteiger partial charge in [-0.15, -0.1) is 11.8 Å². The van der Waals surface area contributed by atoms with Gasteiger partial charge in [-0.25, -0.2) is 4.79 Å². The minimum Gasteiger partial charge on any atom is -0.444 e. The summed E-state index contributed by atoms with van der Waals surface area (Å²) in [6.45, 7) is 6.63. The van der Waals surface area contributed by atoms with Crippen LogP contribution < -0.4 is 5.32 Å². The molecular formula is C30H34N2O3S. The van der Waals surface area contributed by atoms with Crippen LogP contribution in [0.3, 0.4) is 0 Å². The minimum atomic E-state index is -0.551. The number of likely N-dealkylation sites (tertiary alicyclic amines) is 1. The number of rotatable bonds is 7. The van der Waals surface area contributed by atoms with Gasteiger partial charge in [-0.05, 0) is 43.9 Å². The Balaban J connectivity index is 1.54. The second-order valence-corrected chi connectivity index (χ2v) is 11.2. The van der Waals surface area contributed by atoms with Crippen LogP contribution in [0.5, 0.6) is 0 Å². The second-order valence-electron chi connectivity index (χ2n) is 10.0. The Hall–Kier alpha value is -3.25. The first kappa shape index (κ1) is 25.8. The van der Waals surface area contributed by atoms with E-state index in [2.05, 4.69) is 41.7 Å². The highest BCUT2D eigenvalue weighted by molar-refractivity contribution is 8.01. The number of thioether (sulfide) groups is 1. The summed E-state index contributed by atoms with van der Waals surface area (Å²) >= 11 is 1.64. The molecule has 1 heterocycles. The summed E-state index contributed by atoms with van der Waals surface area (Å²) in [6, 6.07) is 31.0. The number of hydrogen-bond donors (Lipinski definition) is 1. The molecule has 5 nitrogen and oxygen atoms in total. The third-order valence-electron chi connectivity index (χ3n) is 6.21. The van der Waals surface area contributed by atoms with E-state index in [9.17, 15) is 9.59 Å². The van der Waals surface area contributed by atoms with Crippen molar-refractivity contribution in [3.8, 4) is 0 Å². The Kier molecular flexibility index (Phi) is 8.04. The van der Waals surface area contributed by atoms with Crippen molar-refractivity contribution >= 4 is 23.8 Å². The lowest BCUT2D eigenvalue weighted by Crippen LogP contribution is -2.41. The predicted octanol–water partition coefficient (Wildman–Crippen LogP) is 5.84. The fourth-order valence-corrected chi connectivity index (χ4v) is 6.04. The SMILES string of the molecule is CC(C)(C)OC(=O)NC1CCN(C(=O)CSC(c2ccccc2)(c2ccccc2)c2ccccc2)C1. The van der Waals surface area contributed by atoms with Gasteiger partial charge in [-0.2, -0.15) is 0 Å². The van der Waals surface area contributed by atoms with E-state index >= 15 is 0 Å². The summed E-state index contributed by atoms with van der Waals surface area (Å²) in [5.41, 5.74) is 2.84. The number of alkyl carbamates (subject to hydrolysis) is 1. The summed E-state index contributed by atoms with van der Waals surface area (Å²) < 4.78 is 4.84. The van der Waals surface area contributed by atoms with E-state index in [0.29, 0.717) is 18.8 Å². The number of nitrogens with zero attached hydrogens (tertiary/aromatic N) is 1. The van der Waals surface area contributed by atoms with Crippen molar-refractivity contribution in [1.29, 1.82) is 0 Å². The van der Waals surface area contributed by atoms with Gasteiger partial charge in [0.05, 0.1) is 16.5 Å². The van der Waals surface area contributed by atoms with Crippen LogP contribution in [0, 0.1) is 0 Å². The Morgan fingerprint density at radius 3 is 1.78 bits per heavy atom. The standard InChI is InChI=1S/C30H34N2O3S/c1-29(2,3)35-28(34)31-26-19-20-32(21-26)27(33)22-36-30(23-13-7-4-8-14-23,24-15-9-5-10-16-24)25-17-11-6-12-18-25/h4-18,26H,19-22H2,1-3H3,(H,31,34). The summed E-state index contributed by atoms with van der Waals surface area (Å²) in [6.07, 6.45) is 0.282. The Labute approximate surface area is 218 Å². The Bertz CT molecular complexity index is 1050. The second kappa shape index (κ2) is 11.2. The summed E-state index contributed by atoms with van der Waals surface area (Å²) in [5, 5.41) is 2.91. The van der Waals surface area contributed by atoms with Crippen LogP contribution in [-0.4, -0.2) is 47.4 Å². The lowest BCUT2D eigenvalue weighted by atomic mass is 9.84. The molecule has 0 saturated carbocycles. The molecule has 1 saturated heterocycles. The molecule has 1 aliphatic rings. The highest BCUT2D eigenvalue weighted by Gasteiger charge is 2.38. The number of ether oxygens (including phenoxy) is 1. The van der Waals surface area contributed by atoms with Crippen LogP contribution in [0.25, 0.3) is 0 Å². The molecule has 0 spiro atoms. The first-order valence-corrected chi connectivity index (χ1v) is 13.3. The molecule has 1 N–H and O–H groups in total. The molecule has 1 unspecified atom stereocenters. The Morgan fingerprint density at radius 2 is 1.33 bits per heavy atom. The molecule has 0 bridgehead atoms. The van der Waals surface area contributed by atoms with Crippen LogP contribution in [0.15, 0.2) is 91.0 Å². The molecule has 36 heavy (non-hydrogen) atoms. The van der Waals surface area contributed by atoms with Crippen LogP contribution >= 0.6 is 11.8 Å². The van der Waals surface area contributed by atoms with Gasteiger partial charge in [0.25, 0.3) is 0 Å². The quantitative estimate of drug-likeness (QED) is 0.413. The monoisotopic (exact) mass is 502 g/mol. The van der Waals surface area contributed by atoms with E-state index in [1.807, 2.05) is 80.3 Å². The number of amides is 2. The zero-order chi connectivity index (χ0) is 25.6. The first-order valence-electron chi connectivity index (χ1n) is 12.4. The lowest BCUT2D eigenvalue weighted by Gasteiger charge is -2.35. The van der Waals surface area contributed by atoms with Gasteiger partial charge in [-0.1, -0.05) is 91.0 Å². The maximum atomic E-state index is 13.4. The molecular weight excluding hydrogens is 468 g/mol. The van der Waals surface area contributed by atoms with Crippen LogP contribution in [0.2, 0.25) is 0 Å². The van der Waals surface area contributed by atoms with Gasteiger partial charge in [-0.3, -0.25) is 4.79 Å². The van der Waals surface area contributed by atoms with Gasteiger partial charge in [0, 0.05) is 13.1 Å². The van der Waals surface area contributed by atoms with Crippen molar-refractivity contribution in [3.05, 3.63) is 108 Å². The summed E-state index contributed by atoms with van der Waals surface area (Å²) in [4.78, 5) is 27.4. The fraction of sp³-hybridized carbons (Fsp3) is 0.333. The number of nitrogens with one attached hydrogen (secondary N) is 1. The molecule has 188 valence electrons. The maximum Gasteiger partial charge on any atom is 0.407 e. The minimum absolute atomic E-state index is 0.0701. The van der Waals surface area contributed by atoms with Crippen LogP contribution in [-0.2, 0) is 14.3 Å². The number of hydrogen-bond acceptors (Lipinski definition) is 4. The van der Waals surface area contributed by atoms with Crippen molar-refractivity contribution < 1.29 is 14.3 Å². The molecule has 2 amide bonds. The molecule has 4 rings (SSSR count). The predicted molar refractivity (Wildman–Crippen MR) is 146 cm³/mol. The molecule has 0 aromatic heterocycles. The zero-order valence-corrected chi connectivity index (χ0v) is 22.0. The summed E-state index contributed by atoms with van der Waals surface area (Å²) in [7, 11) is 0. The lowest BCUT2D eigenvalue weighted by molar-refractivity contribution is -0.127. The molecule has 1 aliphatic heterocycles. The van der Waals surface area contributed by atoms with Crippen molar-refractivity contribution in [1.82, 2.24) is 10.2 Å². The zero-order valence-electron chi connectivity index (χ0n) is 21.1. The maximum absolute atomic E-state index is 13.4. The average molecular weight is 503 g/mol. The normalized spacial score (nSPS) is 16.0. The van der Waals surface area contributed by atoms with Crippen molar-refractivity contribution in [3.63, 3.8) is 0 Å². The van der Waals surface area contributed by atoms with Gasteiger partial charge in [0.2, 0.25) is 5.91 Å². The largest absolute Gasteiger partial charge is 0.444 e. The highest BCUT2D eigenvalue weighted by Crippen LogP contribution is 2.48. The van der Waals surface area contributed by atoms with Crippen LogP contribution in [0.4, 0.5) is 4.79 Å². The van der Waals surface area contributed by atoms with Crippen molar-refractivity contribution in [2.75, 3.05) is 18.8 Å². The van der Waals surface area contributed by atoms with Gasteiger partial charge < -0.3 is 15.0 Å². The number of carbonyl (C=O) groups is 2. The molecule has 3 aromatic carbocycles. The fourth-order valence-electron chi connectivity index (χ4n) is 4.61. The Morgan fingerprint density at radius 1 is 0.861 bits per heavy atom. The molecule has 6 heteroatoms. The van der Waals surface area contributed by atoms with E-state index in [1.54, 1.807) is 11.8 Å². The van der Waals surface area contributed by atoms with E-state index in [4.69, 9.17) is 4.74 Å². The topological polar surface area (TPSA) is 58.6 Å². The third kappa shape index (κ3) is 6.11. The van der Waals surface area contributed by atoms with E-state index in [-0.39, 0.29) is 11.9 Å². The molecule has 0 radical (unpaired) electrons. The molecule has 1 fully saturated rings. The molecule has 3 aromatic rings. The highest BCUT2D eigenvalue weighted by atomic mass is 32.2. The van der Waals surface area contributed by atoms with Gasteiger partial charge in [0.1, 0.15) is 5.60 Å². The number of carbonyl (C=O) groups excluding carboxylic acids is 2. The average Bonchev–Trinajstić information content (AvgIpc) is 3.33. The van der Waals surface area contributed by atoms with E-state index < -0.39 is 16.4 Å². The first-order chi connectivity index (χ1) is 17.3. The van der Waals surface area contributed by atoms with E-state index in [1.165, 1.54) is 0 Å². The molecule has 0 aliphatic carbocycles. The van der Waals surface area contributed by atoms with Crippen LogP contribution in [0.1, 0.15) is 43.9 Å². The molecule has 1 atom stereocenters.